The summed E-state index contributed by atoms with van der Waals surface area (Å²) in [5, 5.41) is 3.48. The fourth-order valence-corrected chi connectivity index (χ4v) is 4.54. The quantitative estimate of drug-likeness (QED) is 0.914. The topological polar surface area (TPSA) is 18.5 Å². The van der Waals surface area contributed by atoms with Gasteiger partial charge in [0, 0.05) is 30.7 Å². The predicted molar refractivity (Wildman–Crippen MR) is 104 cm³/mol. The molecule has 0 unspecified atom stereocenters. The van der Waals surface area contributed by atoms with Crippen molar-refractivity contribution in [1.29, 1.82) is 0 Å². The average molecular weight is 330 g/mol. The molecule has 3 nitrogen and oxygen atoms in total. The number of rotatable bonds is 3. The van der Waals surface area contributed by atoms with Gasteiger partial charge in [-0.05, 0) is 69.9 Å². The largest absolute Gasteiger partial charge is 0.370 e. The van der Waals surface area contributed by atoms with Gasteiger partial charge in [0.05, 0.1) is 0 Å². The summed E-state index contributed by atoms with van der Waals surface area (Å²) in [6, 6.07) is 10.9. The van der Waals surface area contributed by atoms with Crippen LogP contribution in [0.2, 0.25) is 0 Å². The molecule has 0 radical (unpaired) electrons. The summed E-state index contributed by atoms with van der Waals surface area (Å²) >= 11 is 0. The lowest BCUT2D eigenvalue weighted by atomic mass is 9.71. The van der Waals surface area contributed by atoms with Crippen LogP contribution in [0.15, 0.2) is 30.3 Å². The molecule has 1 aromatic rings. The summed E-state index contributed by atoms with van der Waals surface area (Å²) in [5.74, 6) is 0.942. The Kier molecular flexibility index (Phi) is 6.18. The van der Waals surface area contributed by atoms with Crippen LogP contribution in [0.4, 0.5) is 5.69 Å². The lowest BCUT2D eigenvalue weighted by Gasteiger charge is -2.55. The predicted octanol–water partition coefficient (Wildman–Crippen LogP) is 3.61. The third-order valence-electron chi connectivity index (χ3n) is 6.07. The number of nitrogens with zero attached hydrogens (tertiary/aromatic N) is 2. The SMILES string of the molecule is CC.c1ccc(N2CC3(CCN(CC4CCNCC4)CC3)C2)cc1. The summed E-state index contributed by atoms with van der Waals surface area (Å²) in [6.07, 6.45) is 5.56. The number of anilines is 1. The molecule has 4 rings (SSSR count). The van der Waals surface area contributed by atoms with Crippen LogP contribution in [0, 0.1) is 11.3 Å². The van der Waals surface area contributed by atoms with Crippen LogP contribution in [-0.4, -0.2) is 50.7 Å². The van der Waals surface area contributed by atoms with Crippen molar-refractivity contribution in [3.05, 3.63) is 30.3 Å². The zero-order valence-electron chi connectivity index (χ0n) is 15.6. The molecule has 3 aliphatic rings. The third-order valence-corrected chi connectivity index (χ3v) is 6.07. The van der Waals surface area contributed by atoms with E-state index in [1.165, 1.54) is 77.2 Å². The van der Waals surface area contributed by atoms with Crippen molar-refractivity contribution >= 4 is 5.69 Å². The Morgan fingerprint density at radius 2 is 1.62 bits per heavy atom. The number of likely N-dealkylation sites (tertiary alicyclic amines) is 1. The highest BCUT2D eigenvalue weighted by Gasteiger charge is 2.44. The first kappa shape index (κ1) is 17.8. The van der Waals surface area contributed by atoms with E-state index >= 15 is 0 Å². The standard InChI is InChI=1S/C19H29N3.C2H6/c1-2-4-18(5-3-1)22-15-19(16-22)8-12-21(13-9-19)14-17-6-10-20-11-7-17;1-2/h1-5,17,20H,6-16H2;1-2H3. The van der Waals surface area contributed by atoms with E-state index in [0.29, 0.717) is 5.41 Å². The van der Waals surface area contributed by atoms with Gasteiger partial charge in [0.1, 0.15) is 0 Å². The van der Waals surface area contributed by atoms with E-state index < -0.39 is 0 Å². The van der Waals surface area contributed by atoms with Crippen LogP contribution in [0.5, 0.6) is 0 Å². The zero-order chi connectivity index (χ0) is 16.8. The molecule has 3 heteroatoms. The Morgan fingerprint density at radius 3 is 2.25 bits per heavy atom. The van der Waals surface area contributed by atoms with Gasteiger partial charge < -0.3 is 15.1 Å². The molecule has 3 heterocycles. The molecule has 3 fully saturated rings. The van der Waals surface area contributed by atoms with Gasteiger partial charge in [-0.3, -0.25) is 0 Å². The van der Waals surface area contributed by atoms with E-state index in [2.05, 4.69) is 45.4 Å². The number of hydrogen-bond acceptors (Lipinski definition) is 3. The zero-order valence-corrected chi connectivity index (χ0v) is 15.6. The molecule has 134 valence electrons. The molecule has 0 amide bonds. The van der Waals surface area contributed by atoms with E-state index in [-0.39, 0.29) is 0 Å². The first-order chi connectivity index (χ1) is 11.8. The Labute approximate surface area is 148 Å². The van der Waals surface area contributed by atoms with Gasteiger partial charge in [-0.25, -0.2) is 0 Å². The minimum Gasteiger partial charge on any atom is -0.370 e. The summed E-state index contributed by atoms with van der Waals surface area (Å²) in [7, 11) is 0. The molecule has 1 N–H and O–H groups in total. The Balaban J connectivity index is 0.000000815. The third kappa shape index (κ3) is 4.12. The maximum absolute atomic E-state index is 3.48. The fraction of sp³-hybridized carbons (Fsp3) is 0.714. The van der Waals surface area contributed by atoms with E-state index in [1.807, 2.05) is 13.8 Å². The van der Waals surface area contributed by atoms with Gasteiger partial charge in [-0.2, -0.15) is 0 Å². The maximum Gasteiger partial charge on any atom is 0.0366 e. The van der Waals surface area contributed by atoms with Gasteiger partial charge >= 0.3 is 0 Å². The number of hydrogen-bond donors (Lipinski definition) is 1. The first-order valence-corrected chi connectivity index (χ1v) is 10.1. The number of para-hydroxylation sites is 1. The van der Waals surface area contributed by atoms with Gasteiger partial charge in [0.2, 0.25) is 0 Å². The maximum atomic E-state index is 3.48. The monoisotopic (exact) mass is 329 g/mol. The molecule has 3 saturated heterocycles. The number of nitrogens with one attached hydrogen (secondary N) is 1. The van der Waals surface area contributed by atoms with Crippen molar-refractivity contribution in [3.8, 4) is 0 Å². The van der Waals surface area contributed by atoms with Crippen LogP contribution in [-0.2, 0) is 0 Å². The molecule has 0 aromatic heterocycles. The van der Waals surface area contributed by atoms with E-state index in [9.17, 15) is 0 Å². The number of piperidine rings is 2. The highest BCUT2D eigenvalue weighted by Crippen LogP contribution is 2.42. The Hall–Kier alpha value is -1.06. The lowest BCUT2D eigenvalue weighted by molar-refractivity contribution is 0.0641. The van der Waals surface area contributed by atoms with Crippen LogP contribution in [0.1, 0.15) is 39.5 Å². The minimum atomic E-state index is 0.625. The van der Waals surface area contributed by atoms with Crippen molar-refractivity contribution in [1.82, 2.24) is 10.2 Å². The molecule has 3 aliphatic heterocycles. The van der Waals surface area contributed by atoms with Gasteiger partial charge in [0.25, 0.3) is 0 Å². The minimum absolute atomic E-state index is 0.625. The summed E-state index contributed by atoms with van der Waals surface area (Å²) in [4.78, 5) is 5.30. The second kappa shape index (κ2) is 8.35. The van der Waals surface area contributed by atoms with Gasteiger partial charge in [-0.1, -0.05) is 32.0 Å². The molecule has 0 bridgehead atoms. The van der Waals surface area contributed by atoms with E-state index in [1.54, 1.807) is 0 Å². The van der Waals surface area contributed by atoms with Crippen molar-refractivity contribution in [2.24, 2.45) is 11.3 Å². The highest BCUT2D eigenvalue weighted by molar-refractivity contribution is 5.49. The molecule has 24 heavy (non-hydrogen) atoms. The van der Waals surface area contributed by atoms with E-state index in [4.69, 9.17) is 0 Å². The van der Waals surface area contributed by atoms with Gasteiger partial charge in [0.15, 0.2) is 0 Å². The molecular formula is C21H35N3. The molecule has 0 atom stereocenters. The molecule has 1 spiro atoms. The summed E-state index contributed by atoms with van der Waals surface area (Å²) < 4.78 is 0. The summed E-state index contributed by atoms with van der Waals surface area (Å²) in [5.41, 5.74) is 2.03. The van der Waals surface area contributed by atoms with Gasteiger partial charge in [-0.15, -0.1) is 0 Å². The second-order valence-corrected chi connectivity index (χ2v) is 7.69. The van der Waals surface area contributed by atoms with E-state index in [0.717, 1.165) is 5.92 Å². The van der Waals surface area contributed by atoms with Crippen LogP contribution < -0.4 is 10.2 Å². The van der Waals surface area contributed by atoms with Crippen molar-refractivity contribution in [2.45, 2.75) is 39.5 Å². The van der Waals surface area contributed by atoms with Crippen LogP contribution in [0.3, 0.4) is 0 Å². The number of benzene rings is 1. The molecular weight excluding hydrogens is 294 g/mol. The van der Waals surface area contributed by atoms with Crippen LogP contribution >= 0.6 is 0 Å². The first-order valence-electron chi connectivity index (χ1n) is 10.1. The molecule has 1 aromatic carbocycles. The Bertz CT molecular complexity index is 465. The van der Waals surface area contributed by atoms with Crippen LogP contribution in [0.25, 0.3) is 0 Å². The molecule has 0 aliphatic carbocycles. The fourth-order valence-electron chi connectivity index (χ4n) is 4.54. The smallest absolute Gasteiger partial charge is 0.0366 e. The second-order valence-electron chi connectivity index (χ2n) is 7.69. The average Bonchev–Trinajstić information content (AvgIpc) is 2.64. The molecule has 0 saturated carbocycles. The normalized spacial score (nSPS) is 24.2. The Morgan fingerprint density at radius 1 is 1.00 bits per heavy atom. The van der Waals surface area contributed by atoms with Crippen molar-refractivity contribution < 1.29 is 0 Å². The van der Waals surface area contributed by atoms with Crippen molar-refractivity contribution in [3.63, 3.8) is 0 Å². The van der Waals surface area contributed by atoms with Crippen molar-refractivity contribution in [2.75, 3.05) is 50.7 Å². The highest BCUT2D eigenvalue weighted by atomic mass is 15.2. The summed E-state index contributed by atoms with van der Waals surface area (Å²) in [6.45, 7) is 13.0. The lowest BCUT2D eigenvalue weighted by Crippen LogP contribution is -2.60.